The molecule has 0 fully saturated rings. The number of anilines is 1. The van der Waals surface area contributed by atoms with Crippen molar-refractivity contribution in [1.82, 2.24) is 4.98 Å². The maximum atomic E-state index is 13.1. The molecule has 1 N–H and O–H groups in total. The topological polar surface area (TPSA) is 68.3 Å². The maximum absolute atomic E-state index is 13.1. The summed E-state index contributed by atoms with van der Waals surface area (Å²) in [6.45, 7) is 0. The molecule has 5 heteroatoms. The lowest BCUT2D eigenvalue weighted by molar-refractivity contribution is -0.117. The molecular formula is C22H20N2O3. The average molecular weight is 360 g/mol. The Morgan fingerprint density at radius 3 is 2.33 bits per heavy atom. The number of carbonyl (C=O) groups excluding carboxylic acids is 2. The van der Waals surface area contributed by atoms with Crippen molar-refractivity contribution in [1.29, 1.82) is 0 Å². The molecule has 1 aromatic heterocycles. The van der Waals surface area contributed by atoms with Gasteiger partial charge in [-0.05, 0) is 41.8 Å². The first-order valence-electron chi connectivity index (χ1n) is 8.61. The molecule has 1 unspecified atom stereocenters. The smallest absolute Gasteiger partial charge is 0.339 e. The highest BCUT2D eigenvalue weighted by Crippen LogP contribution is 2.24. The second-order valence-electron chi connectivity index (χ2n) is 6.05. The number of aromatic nitrogens is 1. The third-order valence-corrected chi connectivity index (χ3v) is 4.30. The first kappa shape index (κ1) is 18.3. The minimum atomic E-state index is -0.490. The van der Waals surface area contributed by atoms with E-state index in [-0.39, 0.29) is 5.91 Å². The lowest BCUT2D eigenvalue weighted by atomic mass is 9.91. The summed E-state index contributed by atoms with van der Waals surface area (Å²) in [5.74, 6) is -1.08. The van der Waals surface area contributed by atoms with Crippen molar-refractivity contribution < 1.29 is 14.3 Å². The van der Waals surface area contributed by atoms with Gasteiger partial charge in [0.1, 0.15) is 0 Å². The van der Waals surface area contributed by atoms with Crippen molar-refractivity contribution in [3.05, 3.63) is 95.8 Å². The number of amides is 1. The quantitative estimate of drug-likeness (QED) is 0.678. The van der Waals surface area contributed by atoms with Crippen LogP contribution in [0.25, 0.3) is 0 Å². The van der Waals surface area contributed by atoms with Crippen LogP contribution in [0, 0.1) is 0 Å². The summed E-state index contributed by atoms with van der Waals surface area (Å²) in [5.41, 5.74) is 2.67. The SMILES string of the molecule is COC(=O)c1ccccc1NC(=O)C(Cc1ccncc1)c1ccccc1. The number of methoxy groups -OCH3 is 1. The highest BCUT2D eigenvalue weighted by atomic mass is 16.5. The Morgan fingerprint density at radius 2 is 1.63 bits per heavy atom. The molecule has 2 aromatic carbocycles. The molecule has 0 bridgehead atoms. The molecule has 1 atom stereocenters. The minimum Gasteiger partial charge on any atom is -0.465 e. The lowest BCUT2D eigenvalue weighted by Crippen LogP contribution is -2.24. The number of benzene rings is 2. The van der Waals surface area contributed by atoms with Gasteiger partial charge in [-0.3, -0.25) is 9.78 Å². The zero-order valence-corrected chi connectivity index (χ0v) is 15.0. The van der Waals surface area contributed by atoms with Crippen LogP contribution in [-0.4, -0.2) is 24.0 Å². The van der Waals surface area contributed by atoms with Crippen LogP contribution in [0.1, 0.15) is 27.4 Å². The largest absolute Gasteiger partial charge is 0.465 e. The van der Waals surface area contributed by atoms with E-state index in [1.807, 2.05) is 42.5 Å². The van der Waals surface area contributed by atoms with Gasteiger partial charge in [0.15, 0.2) is 0 Å². The first-order valence-corrected chi connectivity index (χ1v) is 8.61. The van der Waals surface area contributed by atoms with E-state index in [4.69, 9.17) is 4.74 Å². The average Bonchev–Trinajstić information content (AvgIpc) is 2.73. The number of pyridine rings is 1. The molecule has 0 radical (unpaired) electrons. The summed E-state index contributed by atoms with van der Waals surface area (Å²) >= 11 is 0. The van der Waals surface area contributed by atoms with E-state index in [1.54, 1.807) is 36.7 Å². The molecule has 1 amide bonds. The van der Waals surface area contributed by atoms with Crippen molar-refractivity contribution >= 4 is 17.6 Å². The van der Waals surface area contributed by atoms with E-state index in [1.165, 1.54) is 7.11 Å². The molecule has 136 valence electrons. The number of ether oxygens (including phenoxy) is 1. The van der Waals surface area contributed by atoms with Crippen molar-refractivity contribution in [3.63, 3.8) is 0 Å². The molecule has 5 nitrogen and oxygen atoms in total. The summed E-state index contributed by atoms with van der Waals surface area (Å²) in [6.07, 6.45) is 3.95. The molecule has 0 aliphatic heterocycles. The standard InChI is InChI=1S/C22H20N2O3/c1-27-22(26)18-9-5-6-10-20(18)24-21(25)19(17-7-3-2-4-8-17)15-16-11-13-23-14-12-16/h2-14,19H,15H2,1H3,(H,24,25). The van der Waals surface area contributed by atoms with Gasteiger partial charge in [-0.2, -0.15) is 0 Å². The van der Waals surface area contributed by atoms with Crippen LogP contribution in [0.4, 0.5) is 5.69 Å². The van der Waals surface area contributed by atoms with Crippen molar-refractivity contribution in [2.45, 2.75) is 12.3 Å². The van der Waals surface area contributed by atoms with Crippen molar-refractivity contribution in [2.24, 2.45) is 0 Å². The Bertz CT molecular complexity index is 911. The first-order chi connectivity index (χ1) is 13.2. The Morgan fingerprint density at radius 1 is 0.963 bits per heavy atom. The third-order valence-electron chi connectivity index (χ3n) is 4.30. The van der Waals surface area contributed by atoms with Gasteiger partial charge < -0.3 is 10.1 Å². The normalized spacial score (nSPS) is 11.4. The lowest BCUT2D eigenvalue weighted by Gasteiger charge is -2.18. The summed E-state index contributed by atoms with van der Waals surface area (Å²) in [5, 5.41) is 2.89. The van der Waals surface area contributed by atoms with E-state index in [2.05, 4.69) is 10.3 Å². The molecular weight excluding hydrogens is 340 g/mol. The molecule has 0 aliphatic rings. The maximum Gasteiger partial charge on any atom is 0.339 e. The summed E-state index contributed by atoms with van der Waals surface area (Å²) in [4.78, 5) is 29.1. The second-order valence-corrected chi connectivity index (χ2v) is 6.05. The fraction of sp³-hybridized carbons (Fsp3) is 0.136. The molecule has 0 saturated carbocycles. The van der Waals surface area contributed by atoms with Crippen LogP contribution >= 0.6 is 0 Å². The summed E-state index contributed by atoms with van der Waals surface area (Å²) in [7, 11) is 1.32. The van der Waals surface area contributed by atoms with Gasteiger partial charge in [-0.1, -0.05) is 42.5 Å². The van der Waals surface area contributed by atoms with Gasteiger partial charge in [-0.25, -0.2) is 4.79 Å². The molecule has 0 spiro atoms. The number of para-hydroxylation sites is 1. The number of hydrogen-bond acceptors (Lipinski definition) is 4. The van der Waals surface area contributed by atoms with Crippen LogP contribution < -0.4 is 5.32 Å². The number of rotatable bonds is 6. The minimum absolute atomic E-state index is 0.186. The number of nitrogens with zero attached hydrogens (tertiary/aromatic N) is 1. The fourth-order valence-corrected chi connectivity index (χ4v) is 2.90. The van der Waals surface area contributed by atoms with Crippen LogP contribution in [0.15, 0.2) is 79.1 Å². The van der Waals surface area contributed by atoms with E-state index in [9.17, 15) is 9.59 Å². The Hall–Kier alpha value is -3.47. The molecule has 0 saturated heterocycles. The Balaban J connectivity index is 1.89. The monoisotopic (exact) mass is 360 g/mol. The van der Waals surface area contributed by atoms with Crippen molar-refractivity contribution in [3.8, 4) is 0 Å². The Kier molecular flexibility index (Phi) is 5.94. The van der Waals surface area contributed by atoms with E-state index in [0.29, 0.717) is 17.7 Å². The highest BCUT2D eigenvalue weighted by molar-refractivity contribution is 6.03. The predicted octanol–water partition coefficient (Wildman–Crippen LogP) is 3.83. The van der Waals surface area contributed by atoms with Gasteiger partial charge in [0, 0.05) is 12.4 Å². The van der Waals surface area contributed by atoms with E-state index in [0.717, 1.165) is 11.1 Å². The molecule has 3 aromatic rings. The third kappa shape index (κ3) is 4.58. The second kappa shape index (κ2) is 8.76. The molecule has 27 heavy (non-hydrogen) atoms. The fourth-order valence-electron chi connectivity index (χ4n) is 2.90. The Labute approximate surface area is 158 Å². The van der Waals surface area contributed by atoms with Gasteiger partial charge in [-0.15, -0.1) is 0 Å². The summed E-state index contributed by atoms with van der Waals surface area (Å²) < 4.78 is 4.80. The van der Waals surface area contributed by atoms with Gasteiger partial charge >= 0.3 is 5.97 Å². The highest BCUT2D eigenvalue weighted by Gasteiger charge is 2.23. The zero-order valence-electron chi connectivity index (χ0n) is 15.0. The van der Waals surface area contributed by atoms with Crippen molar-refractivity contribution in [2.75, 3.05) is 12.4 Å². The van der Waals surface area contributed by atoms with Gasteiger partial charge in [0.2, 0.25) is 5.91 Å². The van der Waals surface area contributed by atoms with Gasteiger partial charge in [0.25, 0.3) is 0 Å². The molecule has 3 rings (SSSR count). The zero-order chi connectivity index (χ0) is 19.1. The number of carbonyl (C=O) groups is 2. The summed E-state index contributed by atoms with van der Waals surface area (Å²) in [6, 6.07) is 20.2. The van der Waals surface area contributed by atoms with Crippen LogP contribution in [0.3, 0.4) is 0 Å². The van der Waals surface area contributed by atoms with Gasteiger partial charge in [0.05, 0.1) is 24.3 Å². The molecule has 1 heterocycles. The predicted molar refractivity (Wildman–Crippen MR) is 104 cm³/mol. The number of esters is 1. The van der Waals surface area contributed by atoms with E-state index >= 15 is 0 Å². The van der Waals surface area contributed by atoms with Crippen LogP contribution in [-0.2, 0) is 16.0 Å². The number of nitrogens with one attached hydrogen (secondary N) is 1. The molecule has 0 aliphatic carbocycles. The van der Waals surface area contributed by atoms with E-state index < -0.39 is 11.9 Å². The van der Waals surface area contributed by atoms with Crippen LogP contribution in [0.2, 0.25) is 0 Å². The van der Waals surface area contributed by atoms with Crippen LogP contribution in [0.5, 0.6) is 0 Å². The number of hydrogen-bond donors (Lipinski definition) is 1.